The fourth-order valence-electron chi connectivity index (χ4n) is 2.46. The van der Waals surface area contributed by atoms with E-state index in [0.29, 0.717) is 29.9 Å². The third-order valence-corrected chi connectivity index (χ3v) is 3.34. The number of carbonyl (C=O) groups excluding carboxylic acids is 1. The molecule has 0 fully saturated rings. The van der Waals surface area contributed by atoms with Crippen molar-refractivity contribution < 1.29 is 4.79 Å². The first-order valence-electron chi connectivity index (χ1n) is 7.22. The van der Waals surface area contributed by atoms with Gasteiger partial charge in [-0.2, -0.15) is 0 Å². The number of nitrogens with two attached hydrogens (primary N) is 1. The van der Waals surface area contributed by atoms with Gasteiger partial charge in [-0.1, -0.05) is 0 Å². The summed E-state index contributed by atoms with van der Waals surface area (Å²) in [6, 6.07) is 6.37. The molecule has 1 rings (SSSR count). The van der Waals surface area contributed by atoms with Crippen LogP contribution in [-0.2, 0) is 0 Å². The van der Waals surface area contributed by atoms with Gasteiger partial charge < -0.3 is 11.1 Å². The second kappa shape index (κ2) is 7.29. The van der Waals surface area contributed by atoms with Crippen LogP contribution < -0.4 is 11.1 Å². The number of benzene rings is 1. The molecule has 1 aromatic rings. The van der Waals surface area contributed by atoms with E-state index >= 15 is 0 Å². The summed E-state index contributed by atoms with van der Waals surface area (Å²) in [5.74, 6) is -0.0622. The first kappa shape index (κ1) is 16.5. The number of carbonyl (C=O) groups is 1. The molecule has 0 aliphatic rings. The summed E-state index contributed by atoms with van der Waals surface area (Å²) in [5, 5.41) is 2.96. The Morgan fingerprint density at radius 1 is 1.20 bits per heavy atom. The van der Waals surface area contributed by atoms with Crippen molar-refractivity contribution in [3.8, 4) is 0 Å². The Morgan fingerprint density at radius 3 is 2.30 bits per heavy atom. The predicted molar refractivity (Wildman–Crippen MR) is 84.9 cm³/mol. The summed E-state index contributed by atoms with van der Waals surface area (Å²) in [5.41, 5.74) is 8.02. The van der Waals surface area contributed by atoms with Crippen molar-refractivity contribution in [2.24, 2.45) is 0 Å². The highest BCUT2D eigenvalue weighted by Gasteiger charge is 2.13. The molecule has 0 heterocycles. The second-order valence-electron chi connectivity index (χ2n) is 5.81. The summed E-state index contributed by atoms with van der Waals surface area (Å²) in [7, 11) is 0. The van der Waals surface area contributed by atoms with Gasteiger partial charge in [-0.15, -0.1) is 0 Å². The van der Waals surface area contributed by atoms with E-state index in [9.17, 15) is 4.79 Å². The molecule has 1 amide bonds. The zero-order valence-corrected chi connectivity index (χ0v) is 13.2. The average molecular weight is 277 g/mol. The number of nitrogens with zero attached hydrogens (tertiary/aromatic N) is 1. The van der Waals surface area contributed by atoms with Crippen LogP contribution in [0, 0.1) is 6.92 Å². The molecule has 0 aromatic heterocycles. The van der Waals surface area contributed by atoms with Crippen LogP contribution in [0.5, 0.6) is 0 Å². The Hall–Kier alpha value is -1.55. The Bertz CT molecular complexity index is 427. The minimum absolute atomic E-state index is 0.0622. The maximum absolute atomic E-state index is 12.1. The van der Waals surface area contributed by atoms with Gasteiger partial charge in [-0.3, -0.25) is 9.69 Å². The van der Waals surface area contributed by atoms with E-state index in [1.807, 2.05) is 19.1 Å². The number of nitrogen functional groups attached to an aromatic ring is 1. The van der Waals surface area contributed by atoms with Crippen molar-refractivity contribution in [1.29, 1.82) is 0 Å². The smallest absolute Gasteiger partial charge is 0.251 e. The molecule has 0 saturated heterocycles. The Labute approximate surface area is 122 Å². The molecule has 1 aromatic carbocycles. The van der Waals surface area contributed by atoms with Crippen LogP contribution in [0.4, 0.5) is 5.69 Å². The summed E-state index contributed by atoms with van der Waals surface area (Å²) >= 11 is 0. The number of rotatable bonds is 6. The molecule has 112 valence electrons. The molecule has 0 aliphatic carbocycles. The van der Waals surface area contributed by atoms with Gasteiger partial charge in [-0.05, 0) is 58.4 Å². The van der Waals surface area contributed by atoms with Gasteiger partial charge in [0.25, 0.3) is 5.91 Å². The minimum atomic E-state index is -0.0622. The Balaban J connectivity index is 2.55. The van der Waals surface area contributed by atoms with Gasteiger partial charge in [0, 0.05) is 36.4 Å². The minimum Gasteiger partial charge on any atom is -0.399 e. The SMILES string of the molecule is Cc1cc(N)cc(C(=O)NCCN(C(C)C)C(C)C)c1. The second-order valence-corrected chi connectivity index (χ2v) is 5.81. The molecule has 0 aliphatic heterocycles. The van der Waals surface area contributed by atoms with Crippen LogP contribution in [-0.4, -0.2) is 36.0 Å². The molecule has 0 spiro atoms. The van der Waals surface area contributed by atoms with Gasteiger partial charge in [0.1, 0.15) is 0 Å². The molecule has 0 saturated carbocycles. The number of amides is 1. The lowest BCUT2D eigenvalue weighted by Gasteiger charge is -2.30. The number of hydrogen-bond donors (Lipinski definition) is 2. The molecular formula is C16H27N3O. The lowest BCUT2D eigenvalue weighted by molar-refractivity contribution is 0.0939. The largest absolute Gasteiger partial charge is 0.399 e. The molecular weight excluding hydrogens is 250 g/mol. The van der Waals surface area contributed by atoms with Crippen LogP contribution in [0.2, 0.25) is 0 Å². The normalized spacial score (nSPS) is 11.4. The first-order valence-corrected chi connectivity index (χ1v) is 7.22. The average Bonchev–Trinajstić information content (AvgIpc) is 2.32. The van der Waals surface area contributed by atoms with Crippen LogP contribution in [0.15, 0.2) is 18.2 Å². The Morgan fingerprint density at radius 2 is 1.80 bits per heavy atom. The zero-order chi connectivity index (χ0) is 15.3. The highest BCUT2D eigenvalue weighted by atomic mass is 16.1. The molecule has 3 N–H and O–H groups in total. The van der Waals surface area contributed by atoms with Gasteiger partial charge >= 0.3 is 0 Å². The highest BCUT2D eigenvalue weighted by Crippen LogP contribution is 2.11. The fourth-order valence-corrected chi connectivity index (χ4v) is 2.46. The van der Waals surface area contributed by atoms with Crippen molar-refractivity contribution in [3.05, 3.63) is 29.3 Å². The fraction of sp³-hybridized carbons (Fsp3) is 0.562. The van der Waals surface area contributed by atoms with Crippen molar-refractivity contribution in [1.82, 2.24) is 10.2 Å². The van der Waals surface area contributed by atoms with Crippen molar-refractivity contribution in [2.45, 2.75) is 46.7 Å². The van der Waals surface area contributed by atoms with Crippen LogP contribution in [0.25, 0.3) is 0 Å². The van der Waals surface area contributed by atoms with Gasteiger partial charge in [-0.25, -0.2) is 0 Å². The van der Waals surface area contributed by atoms with Gasteiger partial charge in [0.2, 0.25) is 0 Å². The number of aryl methyl sites for hydroxylation is 1. The van der Waals surface area contributed by atoms with E-state index in [4.69, 9.17) is 5.73 Å². The zero-order valence-electron chi connectivity index (χ0n) is 13.2. The molecule has 4 heteroatoms. The Kier molecular flexibility index (Phi) is 6.02. The monoisotopic (exact) mass is 277 g/mol. The van der Waals surface area contributed by atoms with Crippen LogP contribution in [0.3, 0.4) is 0 Å². The molecule has 20 heavy (non-hydrogen) atoms. The summed E-state index contributed by atoms with van der Waals surface area (Å²) in [4.78, 5) is 14.4. The third-order valence-electron chi connectivity index (χ3n) is 3.34. The quantitative estimate of drug-likeness (QED) is 0.785. The van der Waals surface area contributed by atoms with Crippen LogP contribution >= 0.6 is 0 Å². The predicted octanol–water partition coefficient (Wildman–Crippen LogP) is 2.43. The summed E-state index contributed by atoms with van der Waals surface area (Å²) < 4.78 is 0. The van der Waals surface area contributed by atoms with Gasteiger partial charge in [0.05, 0.1) is 0 Å². The topological polar surface area (TPSA) is 58.4 Å². The molecule has 0 bridgehead atoms. The molecule has 0 radical (unpaired) electrons. The van der Waals surface area contributed by atoms with Crippen molar-refractivity contribution >= 4 is 11.6 Å². The van der Waals surface area contributed by atoms with E-state index in [2.05, 4.69) is 37.9 Å². The third kappa shape index (κ3) is 4.85. The lowest BCUT2D eigenvalue weighted by Crippen LogP contribution is -2.42. The van der Waals surface area contributed by atoms with E-state index < -0.39 is 0 Å². The summed E-state index contributed by atoms with van der Waals surface area (Å²) in [6.07, 6.45) is 0. The maximum Gasteiger partial charge on any atom is 0.251 e. The highest BCUT2D eigenvalue weighted by molar-refractivity contribution is 5.95. The standard InChI is InChI=1S/C16H27N3O/c1-11(2)19(12(3)4)7-6-18-16(20)14-8-13(5)9-15(17)10-14/h8-12H,6-7,17H2,1-5H3,(H,18,20). The van der Waals surface area contributed by atoms with E-state index in [0.717, 1.165) is 12.1 Å². The van der Waals surface area contributed by atoms with E-state index in [1.165, 1.54) is 0 Å². The summed E-state index contributed by atoms with van der Waals surface area (Å²) in [6.45, 7) is 12.1. The van der Waals surface area contributed by atoms with E-state index in [-0.39, 0.29) is 5.91 Å². The maximum atomic E-state index is 12.1. The number of anilines is 1. The molecule has 0 unspecified atom stereocenters. The van der Waals surface area contributed by atoms with Gasteiger partial charge in [0.15, 0.2) is 0 Å². The molecule has 4 nitrogen and oxygen atoms in total. The van der Waals surface area contributed by atoms with Crippen molar-refractivity contribution in [2.75, 3.05) is 18.8 Å². The number of hydrogen-bond acceptors (Lipinski definition) is 3. The van der Waals surface area contributed by atoms with E-state index in [1.54, 1.807) is 6.07 Å². The van der Waals surface area contributed by atoms with Crippen LogP contribution in [0.1, 0.15) is 43.6 Å². The first-order chi connectivity index (χ1) is 9.31. The number of nitrogens with one attached hydrogen (secondary N) is 1. The van der Waals surface area contributed by atoms with Crippen molar-refractivity contribution in [3.63, 3.8) is 0 Å². The molecule has 0 atom stereocenters. The lowest BCUT2D eigenvalue weighted by atomic mass is 10.1.